The maximum Gasteiger partial charge on any atom is 0.145 e. The molecule has 12 heavy (non-hydrogen) atoms. The molecule has 0 aromatic rings. The van der Waals surface area contributed by atoms with E-state index in [0.29, 0.717) is 5.92 Å². The second-order valence-electron chi connectivity index (χ2n) is 3.36. The van der Waals surface area contributed by atoms with Crippen LogP contribution in [0.5, 0.6) is 0 Å². The lowest BCUT2D eigenvalue weighted by molar-refractivity contribution is -0.105. The minimum atomic E-state index is 0.560. The number of rotatable bonds is 6. The van der Waals surface area contributed by atoms with Crippen LogP contribution in [0, 0.1) is 5.92 Å². The highest BCUT2D eigenvalue weighted by Crippen LogP contribution is 2.09. The third-order valence-electron chi connectivity index (χ3n) is 1.57. The van der Waals surface area contributed by atoms with Gasteiger partial charge in [0.25, 0.3) is 0 Å². The molecule has 0 aliphatic rings. The number of hydrogen-bond acceptors (Lipinski definition) is 1. The predicted molar refractivity (Wildman–Crippen MR) is 53.0 cm³/mol. The molecule has 0 bridgehead atoms. The molecule has 0 spiro atoms. The fourth-order valence-electron chi connectivity index (χ4n) is 1.04. The highest BCUT2D eigenvalue weighted by atomic mass is 16.1. The second kappa shape index (κ2) is 6.84. The highest BCUT2D eigenvalue weighted by Gasteiger charge is 1.98. The fraction of sp³-hybridized carbons (Fsp3) is 0.545. The van der Waals surface area contributed by atoms with Crippen LogP contribution in [0.1, 0.15) is 33.1 Å². The Kier molecular flexibility index (Phi) is 6.35. The summed E-state index contributed by atoms with van der Waals surface area (Å²) in [7, 11) is 0. The van der Waals surface area contributed by atoms with Crippen LogP contribution in [0.15, 0.2) is 24.3 Å². The largest absolute Gasteiger partial charge is 0.298 e. The zero-order valence-corrected chi connectivity index (χ0v) is 8.05. The molecule has 0 atom stereocenters. The minimum Gasteiger partial charge on any atom is -0.298 e. The molecule has 0 aromatic heterocycles. The number of carbonyl (C=O) groups is 1. The second-order valence-corrected chi connectivity index (χ2v) is 3.36. The lowest BCUT2D eigenvalue weighted by Crippen LogP contribution is -1.92. The van der Waals surface area contributed by atoms with Gasteiger partial charge in [-0.25, -0.2) is 0 Å². The van der Waals surface area contributed by atoms with Crippen molar-refractivity contribution in [1.82, 2.24) is 0 Å². The summed E-state index contributed by atoms with van der Waals surface area (Å²) in [6.07, 6.45) is 7.62. The van der Waals surface area contributed by atoms with E-state index in [1.807, 2.05) is 12.2 Å². The molecule has 0 saturated carbocycles. The van der Waals surface area contributed by atoms with E-state index in [9.17, 15) is 4.79 Å². The number of hydrogen-bond donors (Lipinski definition) is 0. The summed E-state index contributed by atoms with van der Waals surface area (Å²) in [6.45, 7) is 7.86. The van der Waals surface area contributed by atoms with Gasteiger partial charge in [0.15, 0.2) is 0 Å². The van der Waals surface area contributed by atoms with Crippen LogP contribution in [0.4, 0.5) is 0 Å². The van der Waals surface area contributed by atoms with E-state index >= 15 is 0 Å². The van der Waals surface area contributed by atoms with Crippen molar-refractivity contribution in [2.24, 2.45) is 5.92 Å². The Morgan fingerprint density at radius 2 is 2.08 bits per heavy atom. The van der Waals surface area contributed by atoms with Crippen molar-refractivity contribution in [3.63, 3.8) is 0 Å². The molecule has 0 saturated heterocycles. The molecule has 68 valence electrons. The van der Waals surface area contributed by atoms with Crippen molar-refractivity contribution in [3.8, 4) is 0 Å². The Morgan fingerprint density at radius 3 is 2.50 bits per heavy atom. The zero-order chi connectivity index (χ0) is 9.40. The number of carbonyl (C=O) groups excluding carboxylic acids is 1. The van der Waals surface area contributed by atoms with Crippen LogP contribution in [0.3, 0.4) is 0 Å². The maximum absolute atomic E-state index is 10.5. The van der Waals surface area contributed by atoms with E-state index < -0.39 is 0 Å². The Balaban J connectivity index is 3.86. The van der Waals surface area contributed by atoms with Crippen molar-refractivity contribution >= 4 is 6.29 Å². The van der Waals surface area contributed by atoms with Gasteiger partial charge in [0, 0.05) is 0 Å². The van der Waals surface area contributed by atoms with E-state index in [1.165, 1.54) is 0 Å². The van der Waals surface area contributed by atoms with E-state index in [0.717, 1.165) is 31.1 Å². The molecule has 1 nitrogen and oxygen atoms in total. The fourth-order valence-corrected chi connectivity index (χ4v) is 1.04. The lowest BCUT2D eigenvalue weighted by atomic mass is 10.0. The van der Waals surface area contributed by atoms with Crippen LogP contribution < -0.4 is 0 Å². The average Bonchev–Trinajstić information content (AvgIpc) is 2.02. The Morgan fingerprint density at radius 1 is 1.42 bits per heavy atom. The summed E-state index contributed by atoms with van der Waals surface area (Å²) < 4.78 is 0. The van der Waals surface area contributed by atoms with E-state index in [-0.39, 0.29) is 0 Å². The molecule has 1 heteroatoms. The van der Waals surface area contributed by atoms with Crippen molar-refractivity contribution in [3.05, 3.63) is 24.3 Å². The van der Waals surface area contributed by atoms with Crippen LogP contribution >= 0.6 is 0 Å². The summed E-state index contributed by atoms with van der Waals surface area (Å²) in [4.78, 5) is 10.5. The van der Waals surface area contributed by atoms with Gasteiger partial charge in [-0.3, -0.25) is 4.79 Å². The number of aldehydes is 1. The summed E-state index contributed by atoms with van der Waals surface area (Å²) >= 11 is 0. The molecule has 0 heterocycles. The SMILES string of the molecule is C=CCC/C=C(/C=O)CC(C)C. The monoisotopic (exact) mass is 166 g/mol. The van der Waals surface area contributed by atoms with Gasteiger partial charge in [0.05, 0.1) is 0 Å². The Bertz CT molecular complexity index is 166. The molecule has 0 unspecified atom stereocenters. The van der Waals surface area contributed by atoms with Crippen LogP contribution in [-0.4, -0.2) is 6.29 Å². The first kappa shape index (κ1) is 11.2. The van der Waals surface area contributed by atoms with E-state index in [4.69, 9.17) is 0 Å². The molecule has 0 amide bonds. The molecule has 0 aliphatic heterocycles. The van der Waals surface area contributed by atoms with Crippen molar-refractivity contribution in [2.75, 3.05) is 0 Å². The van der Waals surface area contributed by atoms with Crippen molar-refractivity contribution < 1.29 is 4.79 Å². The Labute approximate surface area is 75.2 Å². The van der Waals surface area contributed by atoms with E-state index in [1.54, 1.807) is 0 Å². The third kappa shape index (κ3) is 5.90. The van der Waals surface area contributed by atoms with Crippen molar-refractivity contribution in [1.29, 1.82) is 0 Å². The smallest absolute Gasteiger partial charge is 0.145 e. The molecule has 0 rings (SSSR count). The summed E-state index contributed by atoms with van der Waals surface area (Å²) in [5, 5.41) is 0. The van der Waals surface area contributed by atoms with Crippen LogP contribution in [-0.2, 0) is 4.79 Å². The first-order valence-corrected chi connectivity index (χ1v) is 4.45. The van der Waals surface area contributed by atoms with Gasteiger partial charge in [-0.1, -0.05) is 26.0 Å². The molecule has 0 aromatic carbocycles. The number of allylic oxidation sites excluding steroid dienone is 3. The first-order chi connectivity index (χ1) is 5.70. The van der Waals surface area contributed by atoms with Gasteiger partial charge in [-0.05, 0) is 30.8 Å². The molecule has 0 fully saturated rings. The summed E-state index contributed by atoms with van der Waals surface area (Å²) in [5.74, 6) is 0.560. The van der Waals surface area contributed by atoms with Crippen LogP contribution in [0.25, 0.3) is 0 Å². The van der Waals surface area contributed by atoms with Crippen molar-refractivity contribution in [2.45, 2.75) is 33.1 Å². The third-order valence-corrected chi connectivity index (χ3v) is 1.57. The standard InChI is InChI=1S/C11H18O/c1-4-5-6-7-11(9-12)8-10(2)3/h4,7,9-10H,1,5-6,8H2,2-3H3/b11-7+. The predicted octanol–water partition coefficient (Wildman–Crippen LogP) is 3.12. The minimum absolute atomic E-state index is 0.560. The van der Waals surface area contributed by atoms with Gasteiger partial charge in [0.2, 0.25) is 0 Å². The first-order valence-electron chi connectivity index (χ1n) is 4.45. The van der Waals surface area contributed by atoms with Crippen LogP contribution in [0.2, 0.25) is 0 Å². The zero-order valence-electron chi connectivity index (χ0n) is 8.05. The van der Waals surface area contributed by atoms with Gasteiger partial charge in [-0.15, -0.1) is 6.58 Å². The molecule has 0 aliphatic carbocycles. The summed E-state index contributed by atoms with van der Waals surface area (Å²) in [5.41, 5.74) is 0.923. The molecule has 0 radical (unpaired) electrons. The topological polar surface area (TPSA) is 17.1 Å². The Hall–Kier alpha value is -0.850. The molecular weight excluding hydrogens is 148 g/mol. The maximum atomic E-state index is 10.5. The average molecular weight is 166 g/mol. The quantitative estimate of drug-likeness (QED) is 0.256. The normalized spacial score (nSPS) is 11.8. The van der Waals surface area contributed by atoms with Gasteiger partial charge in [0.1, 0.15) is 6.29 Å². The molecule has 0 N–H and O–H groups in total. The van der Waals surface area contributed by atoms with Gasteiger partial charge < -0.3 is 0 Å². The highest BCUT2D eigenvalue weighted by molar-refractivity contribution is 5.72. The van der Waals surface area contributed by atoms with E-state index in [2.05, 4.69) is 20.4 Å². The lowest BCUT2D eigenvalue weighted by Gasteiger charge is -2.02. The number of unbranched alkanes of at least 4 members (excludes halogenated alkanes) is 1. The van der Waals surface area contributed by atoms with Gasteiger partial charge >= 0.3 is 0 Å². The molecular formula is C11H18O. The van der Waals surface area contributed by atoms with Gasteiger partial charge in [-0.2, -0.15) is 0 Å². The summed E-state index contributed by atoms with van der Waals surface area (Å²) in [6, 6.07) is 0.